The van der Waals surface area contributed by atoms with Gasteiger partial charge in [-0.25, -0.2) is 0 Å². The molecule has 0 unspecified atom stereocenters. The van der Waals surface area contributed by atoms with Crippen LogP contribution in [0.1, 0.15) is 117 Å². The second kappa shape index (κ2) is 12.9. The van der Waals surface area contributed by atoms with Crippen LogP contribution in [0.5, 0.6) is 23.0 Å². The number of aliphatic carboxylic acids is 1. The molecule has 280 valence electrons. The van der Waals surface area contributed by atoms with Crippen molar-refractivity contribution in [2.75, 3.05) is 35.0 Å². The summed E-state index contributed by atoms with van der Waals surface area (Å²) in [7, 11) is 6.71. The Morgan fingerprint density at radius 2 is 1.04 bits per heavy atom. The van der Waals surface area contributed by atoms with Gasteiger partial charge in [0.25, 0.3) is 0 Å². The zero-order valence-corrected chi connectivity index (χ0v) is 33.6. The van der Waals surface area contributed by atoms with Crippen LogP contribution in [-0.4, -0.2) is 51.2 Å². The molecule has 4 aliphatic carbocycles. The molecule has 0 aliphatic heterocycles. The van der Waals surface area contributed by atoms with Gasteiger partial charge in [0, 0.05) is 5.41 Å². The van der Waals surface area contributed by atoms with Crippen LogP contribution < -0.4 is 18.9 Å². The Balaban J connectivity index is 0.000000198. The molecule has 0 heterocycles. The summed E-state index contributed by atoms with van der Waals surface area (Å²) in [5.74, 6) is 3.04. The van der Waals surface area contributed by atoms with Gasteiger partial charge < -0.3 is 29.2 Å². The Labute approximate surface area is 306 Å². The number of hydrogen-bond acceptors (Lipinski definition) is 6. The van der Waals surface area contributed by atoms with Crippen molar-refractivity contribution >= 4 is 17.1 Å². The summed E-state index contributed by atoms with van der Waals surface area (Å²) in [6.07, 6.45) is 8.22. The van der Waals surface area contributed by atoms with E-state index in [1.54, 1.807) is 28.4 Å². The van der Waals surface area contributed by atoms with E-state index in [1.165, 1.54) is 11.1 Å². The summed E-state index contributed by atoms with van der Waals surface area (Å²) in [4.78, 5) is 12.5. The lowest BCUT2D eigenvalue weighted by Gasteiger charge is -2.40. The van der Waals surface area contributed by atoms with E-state index in [1.807, 2.05) is 12.1 Å². The molecule has 0 radical (unpaired) electrons. The summed E-state index contributed by atoms with van der Waals surface area (Å²) in [5.41, 5.74) is 4.69. The molecule has 2 N–H and O–H groups in total. The van der Waals surface area contributed by atoms with Crippen LogP contribution >= 0.6 is 0 Å². The standard InChI is InChI=1S/C22H30O4.C22H32O3/c1-20(2,3)14-11-16(25-6)18(17(12-14)26-7)15-10-13-8-9-22(15,19(23)24)21(13,4)5;1-20(2,3)15-11-17(24-6)19(18(12-15)25-7)16-10-14-8-9-22(16,13-23)21(14,4)5/h10-13H,8-9H2,1-7H3,(H,23,24);10-12,14,23H,8-9,13H2,1-7H3/t13-,22+;14-,22-/m11/s1. The second-order valence-electron chi connectivity index (χ2n) is 18.4. The monoisotopic (exact) mass is 702 g/mol. The zero-order valence-electron chi connectivity index (χ0n) is 33.6. The largest absolute Gasteiger partial charge is 0.496 e. The highest BCUT2D eigenvalue weighted by Gasteiger charge is 2.65. The smallest absolute Gasteiger partial charge is 0.314 e. The molecule has 7 nitrogen and oxygen atoms in total. The Kier molecular flexibility index (Phi) is 9.80. The average molecular weight is 703 g/mol. The molecule has 4 bridgehead atoms. The van der Waals surface area contributed by atoms with Gasteiger partial charge in [0.1, 0.15) is 23.0 Å². The third kappa shape index (κ3) is 5.68. The van der Waals surface area contributed by atoms with E-state index in [-0.39, 0.29) is 39.6 Å². The number of rotatable bonds is 8. The molecule has 0 saturated heterocycles. The lowest BCUT2D eigenvalue weighted by atomic mass is 9.64. The van der Waals surface area contributed by atoms with Crippen LogP contribution in [0.15, 0.2) is 36.4 Å². The van der Waals surface area contributed by atoms with Crippen molar-refractivity contribution in [1.29, 1.82) is 0 Å². The predicted octanol–water partition coefficient (Wildman–Crippen LogP) is 9.72. The van der Waals surface area contributed by atoms with E-state index in [2.05, 4.69) is 93.5 Å². The fourth-order valence-electron chi connectivity index (χ4n) is 9.77. The summed E-state index contributed by atoms with van der Waals surface area (Å²) in [6, 6.07) is 8.30. The van der Waals surface area contributed by atoms with Crippen molar-refractivity contribution < 1.29 is 34.0 Å². The van der Waals surface area contributed by atoms with Crippen LogP contribution in [0, 0.1) is 33.5 Å². The summed E-state index contributed by atoms with van der Waals surface area (Å²) >= 11 is 0. The van der Waals surface area contributed by atoms with Crippen molar-refractivity contribution in [3.8, 4) is 23.0 Å². The number of carbonyl (C=O) groups is 1. The van der Waals surface area contributed by atoms with E-state index in [0.29, 0.717) is 23.8 Å². The Morgan fingerprint density at radius 1 is 0.667 bits per heavy atom. The molecular formula is C44H62O7. The van der Waals surface area contributed by atoms with E-state index < -0.39 is 11.4 Å². The van der Waals surface area contributed by atoms with Gasteiger partial charge in [-0.1, -0.05) is 81.4 Å². The van der Waals surface area contributed by atoms with Gasteiger partial charge >= 0.3 is 5.97 Å². The van der Waals surface area contributed by atoms with Gasteiger partial charge in [0.2, 0.25) is 0 Å². The quantitative estimate of drug-likeness (QED) is 0.283. The number of hydrogen-bond donors (Lipinski definition) is 2. The fourth-order valence-corrected chi connectivity index (χ4v) is 9.77. The molecule has 51 heavy (non-hydrogen) atoms. The van der Waals surface area contributed by atoms with Crippen LogP contribution in [-0.2, 0) is 15.6 Å². The van der Waals surface area contributed by atoms with Crippen LogP contribution in [0.25, 0.3) is 11.1 Å². The molecule has 4 atom stereocenters. The molecule has 6 rings (SSSR count). The van der Waals surface area contributed by atoms with E-state index >= 15 is 0 Å². The highest BCUT2D eigenvalue weighted by molar-refractivity contribution is 5.98. The van der Waals surface area contributed by atoms with Gasteiger partial charge in [-0.3, -0.25) is 4.79 Å². The second-order valence-corrected chi connectivity index (χ2v) is 18.4. The first kappa shape index (κ1) is 38.8. The van der Waals surface area contributed by atoms with Crippen LogP contribution in [0.4, 0.5) is 0 Å². The van der Waals surface area contributed by atoms with Crippen molar-refractivity contribution in [1.82, 2.24) is 0 Å². The van der Waals surface area contributed by atoms with Crippen molar-refractivity contribution in [2.45, 2.75) is 106 Å². The maximum Gasteiger partial charge on any atom is 0.314 e. The number of allylic oxidation sites excluding steroid dienone is 2. The highest BCUT2D eigenvalue weighted by atomic mass is 16.5. The molecule has 7 heteroatoms. The first-order valence-corrected chi connectivity index (χ1v) is 18.5. The maximum atomic E-state index is 12.5. The first-order valence-electron chi connectivity index (χ1n) is 18.5. The molecule has 2 aromatic carbocycles. The molecule has 4 aliphatic rings. The van der Waals surface area contributed by atoms with Crippen molar-refractivity contribution in [2.24, 2.45) is 33.5 Å². The van der Waals surface area contributed by atoms with Gasteiger partial charge in [0.05, 0.1) is 51.6 Å². The number of ether oxygens (including phenoxy) is 4. The first-order chi connectivity index (χ1) is 23.6. The Hall–Kier alpha value is -3.45. The SMILES string of the molecule is COc1cc(C(C)(C)C)cc(OC)c1C1=C[C@H]2CC[C@]1(C(=O)O)C2(C)C.COc1cc(C(C)(C)C)cc(OC)c1C1=C[C@H]2CC[C@]1(CO)C2(C)C. The highest BCUT2D eigenvalue weighted by Crippen LogP contribution is 2.70. The number of carboxylic acids is 1. The number of benzene rings is 2. The third-order valence-electron chi connectivity index (χ3n) is 13.5. The summed E-state index contributed by atoms with van der Waals surface area (Å²) < 4.78 is 23.0. The van der Waals surface area contributed by atoms with Gasteiger partial charge in [-0.15, -0.1) is 0 Å². The van der Waals surface area contributed by atoms with Gasteiger partial charge in [-0.05, 0) is 106 Å². The predicted molar refractivity (Wildman–Crippen MR) is 205 cm³/mol. The number of methoxy groups -OCH3 is 4. The molecule has 2 aromatic rings. The Morgan fingerprint density at radius 3 is 1.37 bits per heavy atom. The van der Waals surface area contributed by atoms with Crippen molar-refractivity contribution in [3.63, 3.8) is 0 Å². The minimum absolute atomic E-state index is 0.0100. The minimum Gasteiger partial charge on any atom is -0.496 e. The van der Waals surface area contributed by atoms with E-state index in [0.717, 1.165) is 53.0 Å². The van der Waals surface area contributed by atoms with Gasteiger partial charge in [0.15, 0.2) is 0 Å². The number of aliphatic hydroxyl groups is 1. The molecule has 0 amide bonds. The molecule has 2 saturated carbocycles. The maximum absolute atomic E-state index is 12.5. The normalized spacial score (nSPS) is 27.0. The number of carboxylic acid groups (broad SMARTS) is 1. The van der Waals surface area contributed by atoms with Gasteiger partial charge in [-0.2, -0.15) is 0 Å². The lowest BCUT2D eigenvalue weighted by Crippen LogP contribution is -2.40. The van der Waals surface area contributed by atoms with E-state index in [4.69, 9.17) is 18.9 Å². The zero-order chi connectivity index (χ0) is 38.1. The van der Waals surface area contributed by atoms with Crippen LogP contribution in [0.2, 0.25) is 0 Å². The lowest BCUT2D eigenvalue weighted by molar-refractivity contribution is -0.149. The molecule has 2 fully saturated rings. The summed E-state index contributed by atoms with van der Waals surface area (Å²) in [6.45, 7) is 21.9. The van der Waals surface area contributed by atoms with E-state index in [9.17, 15) is 15.0 Å². The molecule has 0 aromatic heterocycles. The molecular weight excluding hydrogens is 640 g/mol. The average Bonchev–Trinajstić information content (AvgIpc) is 3.66. The van der Waals surface area contributed by atoms with Crippen LogP contribution in [0.3, 0.4) is 0 Å². The molecule has 0 spiro atoms. The number of fused-ring (bicyclic) bond motifs is 4. The minimum atomic E-state index is -0.901. The topological polar surface area (TPSA) is 94.5 Å². The number of aliphatic hydroxyl groups excluding tert-OH is 1. The fraction of sp³-hybridized carbons (Fsp3) is 0.614. The third-order valence-corrected chi connectivity index (χ3v) is 13.5. The Bertz CT molecular complexity index is 1700. The van der Waals surface area contributed by atoms with Crippen molar-refractivity contribution in [3.05, 3.63) is 58.7 Å². The summed E-state index contributed by atoms with van der Waals surface area (Å²) in [5, 5.41) is 20.6.